The number of rotatable bonds is 3. The van der Waals surface area contributed by atoms with Crippen LogP contribution >= 0.6 is 0 Å². The van der Waals surface area contributed by atoms with Gasteiger partial charge in [-0.3, -0.25) is 0 Å². The molecule has 2 aromatic carbocycles. The van der Waals surface area contributed by atoms with Gasteiger partial charge in [-0.1, -0.05) is 12.1 Å². The van der Waals surface area contributed by atoms with Gasteiger partial charge in [0.1, 0.15) is 0 Å². The summed E-state index contributed by atoms with van der Waals surface area (Å²) in [4.78, 5) is 20.4. The van der Waals surface area contributed by atoms with Crippen LogP contribution in [0.3, 0.4) is 0 Å². The Bertz CT molecular complexity index is 891. The molecule has 1 heterocycles. The summed E-state index contributed by atoms with van der Waals surface area (Å²) in [6.07, 6.45) is 1.79. The minimum atomic E-state index is -0.339. The minimum Gasteiger partial charge on any atom is -0.465 e. The Kier molecular flexibility index (Phi) is 3.93. The Morgan fingerprint density at radius 3 is 2.74 bits per heavy atom. The summed E-state index contributed by atoms with van der Waals surface area (Å²) in [6.45, 7) is 2.02. The Morgan fingerprint density at radius 1 is 1.17 bits per heavy atom. The fourth-order valence-electron chi connectivity index (χ4n) is 2.50. The summed E-state index contributed by atoms with van der Waals surface area (Å²) >= 11 is 0. The Morgan fingerprint density at radius 2 is 2.00 bits per heavy atom. The number of ether oxygens (including phenoxy) is 1. The van der Waals surface area contributed by atoms with E-state index in [-0.39, 0.29) is 5.97 Å². The van der Waals surface area contributed by atoms with Gasteiger partial charge >= 0.3 is 5.97 Å². The van der Waals surface area contributed by atoms with Crippen LogP contribution in [0.1, 0.15) is 15.9 Å². The van der Waals surface area contributed by atoms with Crippen LogP contribution in [-0.2, 0) is 4.74 Å². The van der Waals surface area contributed by atoms with E-state index >= 15 is 0 Å². The maximum Gasteiger partial charge on any atom is 0.337 e. The van der Waals surface area contributed by atoms with E-state index < -0.39 is 0 Å². The lowest BCUT2D eigenvalue weighted by Crippen LogP contribution is -2.01. The van der Waals surface area contributed by atoms with E-state index in [1.54, 1.807) is 19.3 Å². The quantitative estimate of drug-likeness (QED) is 0.751. The number of hydrogen-bond donors (Lipinski definition) is 1. The lowest BCUT2D eigenvalue weighted by atomic mass is 9.97. The van der Waals surface area contributed by atoms with Gasteiger partial charge in [0.25, 0.3) is 0 Å². The van der Waals surface area contributed by atoms with Gasteiger partial charge in [-0.05, 0) is 47.9 Å². The number of benzene rings is 2. The van der Waals surface area contributed by atoms with Crippen LogP contribution in [0.15, 0.2) is 42.6 Å². The zero-order chi connectivity index (χ0) is 16.4. The summed E-state index contributed by atoms with van der Waals surface area (Å²) in [5.41, 5.74) is 4.50. The molecular formula is C18H17N3O2. The lowest BCUT2D eigenvalue weighted by molar-refractivity contribution is 0.0601. The molecule has 5 heteroatoms. The molecule has 116 valence electrons. The molecule has 0 spiro atoms. The number of methoxy groups -OCH3 is 1. The molecule has 0 unspecified atom stereocenters. The maximum absolute atomic E-state index is 11.7. The Labute approximate surface area is 134 Å². The van der Waals surface area contributed by atoms with Crippen LogP contribution in [-0.4, -0.2) is 30.1 Å². The zero-order valence-electron chi connectivity index (χ0n) is 13.3. The molecule has 3 aromatic rings. The predicted octanol–water partition coefficient (Wildman–Crippen LogP) is 3.43. The van der Waals surface area contributed by atoms with Gasteiger partial charge < -0.3 is 10.1 Å². The molecule has 0 aliphatic heterocycles. The van der Waals surface area contributed by atoms with Crippen molar-refractivity contribution in [2.45, 2.75) is 6.92 Å². The molecule has 0 radical (unpaired) electrons. The third-order valence-corrected chi connectivity index (χ3v) is 3.77. The number of carbonyl (C=O) groups is 1. The van der Waals surface area contributed by atoms with Gasteiger partial charge in [0, 0.05) is 18.6 Å². The first kappa shape index (κ1) is 15.0. The molecule has 5 nitrogen and oxygen atoms in total. The molecule has 1 N–H and O–H groups in total. The van der Waals surface area contributed by atoms with Crippen molar-refractivity contribution in [2.24, 2.45) is 0 Å². The van der Waals surface area contributed by atoms with Crippen molar-refractivity contribution >= 4 is 22.8 Å². The number of esters is 1. The van der Waals surface area contributed by atoms with Crippen LogP contribution in [0, 0.1) is 6.92 Å². The monoisotopic (exact) mass is 307 g/mol. The van der Waals surface area contributed by atoms with Crippen molar-refractivity contribution < 1.29 is 9.53 Å². The second kappa shape index (κ2) is 6.04. The highest BCUT2D eigenvalue weighted by atomic mass is 16.5. The number of nitrogens with one attached hydrogen (secondary N) is 1. The van der Waals surface area contributed by atoms with E-state index in [1.165, 1.54) is 7.11 Å². The number of hydrogen-bond acceptors (Lipinski definition) is 5. The van der Waals surface area contributed by atoms with Gasteiger partial charge in [0.2, 0.25) is 5.95 Å². The molecule has 0 aliphatic carbocycles. The van der Waals surface area contributed by atoms with E-state index in [0.29, 0.717) is 11.5 Å². The maximum atomic E-state index is 11.7. The van der Waals surface area contributed by atoms with Gasteiger partial charge in [-0.15, -0.1) is 0 Å². The zero-order valence-corrected chi connectivity index (χ0v) is 13.3. The minimum absolute atomic E-state index is 0.339. The van der Waals surface area contributed by atoms with Crippen molar-refractivity contribution in [3.63, 3.8) is 0 Å². The van der Waals surface area contributed by atoms with Crippen molar-refractivity contribution in [2.75, 3.05) is 19.5 Å². The van der Waals surface area contributed by atoms with E-state index in [4.69, 9.17) is 4.74 Å². The molecule has 0 atom stereocenters. The fraction of sp³-hybridized carbons (Fsp3) is 0.167. The Hall–Kier alpha value is -2.95. The van der Waals surface area contributed by atoms with Crippen LogP contribution in [0.5, 0.6) is 0 Å². The third-order valence-electron chi connectivity index (χ3n) is 3.77. The van der Waals surface area contributed by atoms with Crippen LogP contribution in [0.25, 0.3) is 22.0 Å². The van der Waals surface area contributed by atoms with Gasteiger partial charge in [0.05, 0.1) is 18.2 Å². The number of aromatic nitrogens is 2. The van der Waals surface area contributed by atoms with E-state index in [2.05, 4.69) is 15.3 Å². The average Bonchev–Trinajstić information content (AvgIpc) is 2.60. The molecular weight excluding hydrogens is 290 g/mol. The number of nitrogens with zero attached hydrogens (tertiary/aromatic N) is 2. The largest absolute Gasteiger partial charge is 0.465 e. The normalized spacial score (nSPS) is 10.6. The van der Waals surface area contributed by atoms with Gasteiger partial charge in [0.15, 0.2) is 0 Å². The second-order valence-electron chi connectivity index (χ2n) is 5.24. The van der Waals surface area contributed by atoms with Crippen LogP contribution in [0.2, 0.25) is 0 Å². The van der Waals surface area contributed by atoms with E-state index in [9.17, 15) is 4.79 Å². The summed E-state index contributed by atoms with van der Waals surface area (Å²) in [6, 6.07) is 11.5. The second-order valence-corrected chi connectivity index (χ2v) is 5.24. The molecule has 0 bridgehead atoms. The molecule has 0 saturated carbocycles. The summed E-state index contributed by atoms with van der Waals surface area (Å²) in [7, 11) is 3.17. The fourth-order valence-corrected chi connectivity index (χ4v) is 2.50. The topological polar surface area (TPSA) is 64.1 Å². The van der Waals surface area contributed by atoms with Crippen molar-refractivity contribution in [1.29, 1.82) is 0 Å². The first-order chi connectivity index (χ1) is 11.1. The summed E-state index contributed by atoms with van der Waals surface area (Å²) in [5, 5.41) is 3.88. The summed E-state index contributed by atoms with van der Waals surface area (Å²) in [5.74, 6) is 0.253. The van der Waals surface area contributed by atoms with Gasteiger partial charge in [-0.25, -0.2) is 14.8 Å². The SMILES string of the molecule is CNc1ncc2cc(-c3cc(C(=O)OC)ccc3C)ccc2n1. The molecule has 23 heavy (non-hydrogen) atoms. The van der Waals surface area contributed by atoms with Gasteiger partial charge in [-0.2, -0.15) is 0 Å². The highest BCUT2D eigenvalue weighted by molar-refractivity contribution is 5.92. The highest BCUT2D eigenvalue weighted by Gasteiger charge is 2.10. The third kappa shape index (κ3) is 2.85. The van der Waals surface area contributed by atoms with Crippen molar-refractivity contribution in [1.82, 2.24) is 9.97 Å². The lowest BCUT2D eigenvalue weighted by Gasteiger charge is -2.10. The molecule has 0 amide bonds. The molecule has 3 rings (SSSR count). The predicted molar refractivity (Wildman–Crippen MR) is 90.6 cm³/mol. The molecule has 1 aromatic heterocycles. The smallest absolute Gasteiger partial charge is 0.337 e. The number of aryl methyl sites for hydroxylation is 1. The first-order valence-corrected chi connectivity index (χ1v) is 7.26. The van der Waals surface area contributed by atoms with Crippen molar-refractivity contribution in [3.05, 3.63) is 53.7 Å². The first-order valence-electron chi connectivity index (χ1n) is 7.26. The number of carbonyl (C=O) groups excluding carboxylic acids is 1. The number of fused-ring (bicyclic) bond motifs is 1. The van der Waals surface area contributed by atoms with Crippen LogP contribution < -0.4 is 5.32 Å². The molecule has 0 aliphatic rings. The molecule has 0 fully saturated rings. The molecule has 0 saturated heterocycles. The van der Waals surface area contributed by atoms with Crippen molar-refractivity contribution in [3.8, 4) is 11.1 Å². The van der Waals surface area contributed by atoms with Crippen LogP contribution in [0.4, 0.5) is 5.95 Å². The number of anilines is 1. The Balaban J connectivity index is 2.11. The van der Waals surface area contributed by atoms with E-state index in [0.717, 1.165) is 27.6 Å². The standard InChI is InChI=1S/C18H17N3O2/c1-11-4-5-13(17(22)23-3)9-15(11)12-6-7-16-14(8-12)10-20-18(19-2)21-16/h4-10H,1-3H3,(H,19,20,21). The van der Waals surface area contributed by atoms with E-state index in [1.807, 2.05) is 37.3 Å². The average molecular weight is 307 g/mol. The highest BCUT2D eigenvalue weighted by Crippen LogP contribution is 2.27. The summed E-state index contributed by atoms with van der Waals surface area (Å²) < 4.78 is 4.80.